The summed E-state index contributed by atoms with van der Waals surface area (Å²) in [6.07, 6.45) is 2.04. The molecule has 19 heavy (non-hydrogen) atoms. The molecule has 1 aliphatic heterocycles. The molecule has 1 heterocycles. The van der Waals surface area contributed by atoms with Crippen molar-refractivity contribution in [1.82, 2.24) is 10.6 Å². The van der Waals surface area contributed by atoms with E-state index in [9.17, 15) is 4.79 Å². The highest BCUT2D eigenvalue weighted by atomic mass is 16.1. The summed E-state index contributed by atoms with van der Waals surface area (Å²) in [5, 5.41) is 9.58. The van der Waals surface area contributed by atoms with Crippen molar-refractivity contribution < 1.29 is 4.79 Å². The van der Waals surface area contributed by atoms with Crippen molar-refractivity contribution in [2.75, 3.05) is 25.0 Å². The second-order valence-electron chi connectivity index (χ2n) is 5.44. The highest BCUT2D eigenvalue weighted by molar-refractivity contribution is 5.92. The standard InChI is InChI=1S/C15H23N3O/c1-3-12-5-4-6-13(9-12)18-14(19)10-17-15(2)7-8-16-11-15/h4-6,9,16-17H,3,7-8,10-11H2,1-2H3,(H,18,19). The van der Waals surface area contributed by atoms with Gasteiger partial charge in [-0.15, -0.1) is 0 Å². The van der Waals surface area contributed by atoms with Crippen LogP contribution in [0.1, 0.15) is 25.8 Å². The molecule has 1 aliphatic rings. The summed E-state index contributed by atoms with van der Waals surface area (Å²) in [4.78, 5) is 11.9. The Kier molecular flexibility index (Phi) is 4.56. The van der Waals surface area contributed by atoms with Gasteiger partial charge < -0.3 is 16.0 Å². The van der Waals surface area contributed by atoms with Crippen molar-refractivity contribution in [3.63, 3.8) is 0 Å². The molecule has 1 aromatic rings. The predicted molar refractivity (Wildman–Crippen MR) is 78.3 cm³/mol. The van der Waals surface area contributed by atoms with Crippen molar-refractivity contribution >= 4 is 11.6 Å². The Morgan fingerprint density at radius 1 is 1.47 bits per heavy atom. The molecule has 0 aromatic heterocycles. The molecule has 1 fully saturated rings. The Hall–Kier alpha value is -1.39. The molecule has 1 atom stereocenters. The summed E-state index contributed by atoms with van der Waals surface area (Å²) in [5.41, 5.74) is 2.15. The molecule has 1 saturated heterocycles. The van der Waals surface area contributed by atoms with E-state index in [0.717, 1.165) is 31.6 Å². The van der Waals surface area contributed by atoms with Gasteiger partial charge >= 0.3 is 0 Å². The lowest BCUT2D eigenvalue weighted by Crippen LogP contribution is -2.47. The minimum atomic E-state index is 0.0152. The van der Waals surface area contributed by atoms with Crippen LogP contribution in [0.25, 0.3) is 0 Å². The van der Waals surface area contributed by atoms with Crippen LogP contribution in [0, 0.1) is 0 Å². The zero-order valence-electron chi connectivity index (χ0n) is 11.8. The average molecular weight is 261 g/mol. The van der Waals surface area contributed by atoms with Crippen LogP contribution in [-0.4, -0.2) is 31.1 Å². The van der Waals surface area contributed by atoms with Crippen LogP contribution in [0.3, 0.4) is 0 Å². The van der Waals surface area contributed by atoms with E-state index < -0.39 is 0 Å². The van der Waals surface area contributed by atoms with Gasteiger partial charge in [0.2, 0.25) is 5.91 Å². The van der Waals surface area contributed by atoms with Crippen LogP contribution in [-0.2, 0) is 11.2 Å². The molecule has 0 saturated carbocycles. The molecule has 104 valence electrons. The smallest absolute Gasteiger partial charge is 0.238 e. The minimum Gasteiger partial charge on any atom is -0.325 e. The first kappa shape index (κ1) is 14.0. The van der Waals surface area contributed by atoms with Crippen LogP contribution in [0.4, 0.5) is 5.69 Å². The number of hydrogen-bond acceptors (Lipinski definition) is 3. The number of carbonyl (C=O) groups is 1. The van der Waals surface area contributed by atoms with Gasteiger partial charge in [-0.05, 0) is 44.0 Å². The fourth-order valence-corrected chi connectivity index (χ4v) is 2.34. The molecule has 1 aromatic carbocycles. The number of rotatable bonds is 5. The van der Waals surface area contributed by atoms with E-state index >= 15 is 0 Å². The normalized spacial score (nSPS) is 22.4. The summed E-state index contributed by atoms with van der Waals surface area (Å²) >= 11 is 0. The number of amides is 1. The van der Waals surface area contributed by atoms with E-state index in [1.165, 1.54) is 5.56 Å². The number of anilines is 1. The number of benzene rings is 1. The summed E-state index contributed by atoms with van der Waals surface area (Å²) < 4.78 is 0. The van der Waals surface area contributed by atoms with Crippen molar-refractivity contribution in [3.8, 4) is 0 Å². The Bertz CT molecular complexity index is 439. The predicted octanol–water partition coefficient (Wildman–Crippen LogP) is 1.53. The number of nitrogens with one attached hydrogen (secondary N) is 3. The highest BCUT2D eigenvalue weighted by Gasteiger charge is 2.28. The van der Waals surface area contributed by atoms with E-state index in [4.69, 9.17) is 0 Å². The van der Waals surface area contributed by atoms with Crippen molar-refractivity contribution in [1.29, 1.82) is 0 Å². The van der Waals surface area contributed by atoms with Crippen LogP contribution in [0.5, 0.6) is 0 Å². The third kappa shape index (κ3) is 4.04. The molecule has 2 rings (SSSR count). The topological polar surface area (TPSA) is 53.2 Å². The fraction of sp³-hybridized carbons (Fsp3) is 0.533. The molecular weight excluding hydrogens is 238 g/mol. The fourth-order valence-electron chi connectivity index (χ4n) is 2.34. The highest BCUT2D eigenvalue weighted by Crippen LogP contribution is 2.13. The van der Waals surface area contributed by atoms with Crippen LogP contribution < -0.4 is 16.0 Å². The van der Waals surface area contributed by atoms with E-state index in [1.54, 1.807) is 0 Å². The summed E-state index contributed by atoms with van der Waals surface area (Å²) in [6, 6.07) is 8.00. The number of carbonyl (C=O) groups excluding carboxylic acids is 1. The van der Waals surface area contributed by atoms with E-state index in [1.807, 2.05) is 18.2 Å². The van der Waals surface area contributed by atoms with Gasteiger partial charge in [0.25, 0.3) is 0 Å². The average Bonchev–Trinajstić information content (AvgIpc) is 2.84. The maximum Gasteiger partial charge on any atom is 0.238 e. The molecule has 0 bridgehead atoms. The zero-order chi connectivity index (χ0) is 13.7. The van der Waals surface area contributed by atoms with Gasteiger partial charge in [0, 0.05) is 17.8 Å². The quantitative estimate of drug-likeness (QED) is 0.753. The summed E-state index contributed by atoms with van der Waals surface area (Å²) in [7, 11) is 0. The maximum atomic E-state index is 11.9. The van der Waals surface area contributed by atoms with E-state index in [-0.39, 0.29) is 11.4 Å². The Morgan fingerprint density at radius 3 is 3.00 bits per heavy atom. The summed E-state index contributed by atoms with van der Waals surface area (Å²) in [5.74, 6) is 0.0152. The van der Waals surface area contributed by atoms with Gasteiger partial charge in [0.1, 0.15) is 0 Å². The lowest BCUT2D eigenvalue weighted by Gasteiger charge is -2.24. The molecule has 0 aliphatic carbocycles. The van der Waals surface area contributed by atoms with E-state index in [2.05, 4.69) is 35.9 Å². The first-order valence-corrected chi connectivity index (χ1v) is 6.96. The maximum absolute atomic E-state index is 11.9. The lowest BCUT2D eigenvalue weighted by molar-refractivity contribution is -0.115. The monoisotopic (exact) mass is 261 g/mol. The molecule has 3 N–H and O–H groups in total. The second kappa shape index (κ2) is 6.17. The molecule has 0 spiro atoms. The third-order valence-corrected chi connectivity index (χ3v) is 3.66. The Labute approximate surface area is 115 Å². The molecule has 4 nitrogen and oxygen atoms in total. The Morgan fingerprint density at radius 2 is 2.32 bits per heavy atom. The van der Waals surface area contributed by atoms with Gasteiger partial charge in [0.15, 0.2) is 0 Å². The zero-order valence-corrected chi connectivity index (χ0v) is 11.8. The van der Waals surface area contributed by atoms with Crippen molar-refractivity contribution in [2.24, 2.45) is 0 Å². The molecule has 1 unspecified atom stereocenters. The van der Waals surface area contributed by atoms with Gasteiger partial charge in [-0.1, -0.05) is 19.1 Å². The first-order valence-electron chi connectivity index (χ1n) is 6.96. The van der Waals surface area contributed by atoms with Crippen LogP contribution in [0.15, 0.2) is 24.3 Å². The van der Waals surface area contributed by atoms with Gasteiger partial charge in [-0.3, -0.25) is 4.79 Å². The Balaban J connectivity index is 1.83. The molecule has 0 radical (unpaired) electrons. The SMILES string of the molecule is CCc1cccc(NC(=O)CNC2(C)CCNC2)c1. The molecule has 4 heteroatoms. The van der Waals surface area contributed by atoms with Crippen LogP contribution in [0.2, 0.25) is 0 Å². The van der Waals surface area contributed by atoms with Gasteiger partial charge in [0.05, 0.1) is 6.54 Å². The van der Waals surface area contributed by atoms with Gasteiger partial charge in [-0.2, -0.15) is 0 Å². The summed E-state index contributed by atoms with van der Waals surface area (Å²) in [6.45, 7) is 6.55. The second-order valence-corrected chi connectivity index (χ2v) is 5.44. The minimum absolute atomic E-state index is 0.0152. The van der Waals surface area contributed by atoms with Crippen molar-refractivity contribution in [2.45, 2.75) is 32.2 Å². The van der Waals surface area contributed by atoms with E-state index in [0.29, 0.717) is 6.54 Å². The molecule has 1 amide bonds. The first-order chi connectivity index (χ1) is 9.11. The van der Waals surface area contributed by atoms with Crippen molar-refractivity contribution in [3.05, 3.63) is 29.8 Å². The lowest BCUT2D eigenvalue weighted by atomic mass is 10.0. The largest absolute Gasteiger partial charge is 0.325 e. The third-order valence-electron chi connectivity index (χ3n) is 3.66. The number of hydrogen-bond donors (Lipinski definition) is 3. The van der Waals surface area contributed by atoms with Gasteiger partial charge in [-0.25, -0.2) is 0 Å². The molecular formula is C15H23N3O. The number of aryl methyl sites for hydroxylation is 1. The van der Waals surface area contributed by atoms with Crippen LogP contribution >= 0.6 is 0 Å².